The molecule has 1 unspecified atom stereocenters. The predicted octanol–water partition coefficient (Wildman–Crippen LogP) is 5.11. The van der Waals surface area contributed by atoms with Crippen LogP contribution in [-0.2, 0) is 6.42 Å². The second-order valence-corrected chi connectivity index (χ2v) is 6.25. The Labute approximate surface area is 145 Å². The van der Waals surface area contributed by atoms with Crippen molar-refractivity contribution in [2.75, 3.05) is 36.9 Å². The Morgan fingerprint density at radius 1 is 1.17 bits per heavy atom. The third-order valence-electron chi connectivity index (χ3n) is 3.49. The van der Waals surface area contributed by atoms with Gasteiger partial charge in [-0.1, -0.05) is 6.92 Å². The van der Waals surface area contributed by atoms with Gasteiger partial charge in [0, 0.05) is 37.0 Å². The summed E-state index contributed by atoms with van der Waals surface area (Å²) in [7, 11) is 1.52. The molecule has 1 atom stereocenters. The van der Waals surface area contributed by atoms with Crippen LogP contribution in [0.3, 0.4) is 0 Å². The van der Waals surface area contributed by atoms with Crippen molar-refractivity contribution in [2.45, 2.75) is 25.9 Å². The highest BCUT2D eigenvalue weighted by molar-refractivity contribution is 6.18. The van der Waals surface area contributed by atoms with E-state index in [9.17, 15) is 13.2 Å². The molecule has 0 spiro atoms. The van der Waals surface area contributed by atoms with Crippen LogP contribution in [0.5, 0.6) is 5.75 Å². The summed E-state index contributed by atoms with van der Waals surface area (Å²) >= 11 is 11.6. The Hall–Kier alpha value is -0.810. The van der Waals surface area contributed by atoms with Gasteiger partial charge in [-0.3, -0.25) is 0 Å². The second-order valence-electron chi connectivity index (χ2n) is 5.49. The van der Waals surface area contributed by atoms with Crippen molar-refractivity contribution < 1.29 is 17.9 Å². The summed E-state index contributed by atoms with van der Waals surface area (Å²) in [6, 6.07) is 5.51. The smallest absolute Gasteiger partial charge is 0.389 e. The summed E-state index contributed by atoms with van der Waals surface area (Å²) < 4.78 is 42.9. The molecule has 0 fully saturated rings. The average molecular weight is 372 g/mol. The molecule has 0 heterocycles. The quantitative estimate of drug-likeness (QED) is 0.559. The van der Waals surface area contributed by atoms with Crippen LogP contribution in [0.4, 0.5) is 18.9 Å². The summed E-state index contributed by atoms with van der Waals surface area (Å²) in [4.78, 5) is 2.01. The Morgan fingerprint density at radius 2 is 1.78 bits per heavy atom. The van der Waals surface area contributed by atoms with E-state index in [0.29, 0.717) is 37.0 Å². The first-order chi connectivity index (χ1) is 10.8. The number of benzene rings is 1. The molecule has 0 saturated carbocycles. The van der Waals surface area contributed by atoms with Crippen LogP contribution in [0.15, 0.2) is 18.2 Å². The minimum atomic E-state index is -4.16. The highest BCUT2D eigenvalue weighted by Crippen LogP contribution is 2.31. The van der Waals surface area contributed by atoms with Crippen LogP contribution in [0.1, 0.15) is 18.9 Å². The van der Waals surface area contributed by atoms with E-state index in [1.807, 2.05) is 17.0 Å². The number of nitrogens with zero attached hydrogens (tertiary/aromatic N) is 1. The van der Waals surface area contributed by atoms with Gasteiger partial charge in [-0.25, -0.2) is 0 Å². The van der Waals surface area contributed by atoms with E-state index in [1.165, 1.54) is 7.11 Å². The number of hydrogen-bond acceptors (Lipinski definition) is 2. The standard InChI is InChI=1S/C16H22Cl2F3NO/c1-12(11-16(19,20)21)9-13-10-14(3-4-15(13)23-2)22(7-5-17)8-6-18/h3-4,10,12H,5-9,11H2,1-2H3. The molecule has 0 aliphatic carbocycles. The summed E-state index contributed by atoms with van der Waals surface area (Å²) in [6.07, 6.45) is -4.67. The molecule has 132 valence electrons. The monoisotopic (exact) mass is 371 g/mol. The van der Waals surface area contributed by atoms with E-state index in [1.54, 1.807) is 13.0 Å². The first kappa shape index (κ1) is 20.2. The summed E-state index contributed by atoms with van der Waals surface area (Å²) in [5, 5.41) is 0. The molecule has 0 N–H and O–H groups in total. The molecule has 0 amide bonds. The molecular formula is C16H22Cl2F3NO. The number of halogens is 5. The van der Waals surface area contributed by atoms with Gasteiger partial charge < -0.3 is 9.64 Å². The van der Waals surface area contributed by atoms with Gasteiger partial charge in [-0.2, -0.15) is 13.2 Å². The van der Waals surface area contributed by atoms with Crippen LogP contribution in [0.2, 0.25) is 0 Å². The fraction of sp³-hybridized carbons (Fsp3) is 0.625. The Balaban J connectivity index is 2.97. The van der Waals surface area contributed by atoms with E-state index in [4.69, 9.17) is 27.9 Å². The lowest BCUT2D eigenvalue weighted by atomic mass is 9.96. The van der Waals surface area contributed by atoms with Crippen molar-refractivity contribution in [3.05, 3.63) is 23.8 Å². The molecule has 0 bridgehead atoms. The number of alkyl halides is 5. The number of rotatable bonds is 9. The maximum atomic E-state index is 12.5. The topological polar surface area (TPSA) is 12.5 Å². The molecule has 0 aliphatic rings. The third kappa shape index (κ3) is 7.08. The number of hydrogen-bond donors (Lipinski definition) is 0. The molecule has 0 aromatic heterocycles. The number of anilines is 1. The molecule has 7 heteroatoms. The fourth-order valence-electron chi connectivity index (χ4n) is 2.54. The van der Waals surface area contributed by atoms with E-state index in [0.717, 1.165) is 11.3 Å². The minimum absolute atomic E-state index is 0.298. The molecule has 1 aromatic rings. The Bertz CT molecular complexity index is 477. The summed E-state index contributed by atoms with van der Waals surface area (Å²) in [6.45, 7) is 2.84. The van der Waals surface area contributed by atoms with Gasteiger partial charge in [0.15, 0.2) is 0 Å². The van der Waals surface area contributed by atoms with Gasteiger partial charge >= 0.3 is 6.18 Å². The van der Waals surface area contributed by atoms with Crippen molar-refractivity contribution in [2.24, 2.45) is 5.92 Å². The lowest BCUT2D eigenvalue weighted by Gasteiger charge is -2.25. The SMILES string of the molecule is COc1ccc(N(CCCl)CCCl)cc1CC(C)CC(F)(F)F. The van der Waals surface area contributed by atoms with Crippen LogP contribution >= 0.6 is 23.2 Å². The van der Waals surface area contributed by atoms with Gasteiger partial charge in [0.2, 0.25) is 0 Å². The molecule has 2 nitrogen and oxygen atoms in total. The zero-order valence-corrected chi connectivity index (χ0v) is 14.8. The van der Waals surface area contributed by atoms with Crippen molar-refractivity contribution >= 4 is 28.9 Å². The van der Waals surface area contributed by atoms with Gasteiger partial charge in [-0.15, -0.1) is 23.2 Å². The van der Waals surface area contributed by atoms with Gasteiger partial charge in [0.05, 0.1) is 7.11 Å². The van der Waals surface area contributed by atoms with Gasteiger partial charge in [0.25, 0.3) is 0 Å². The lowest BCUT2D eigenvalue weighted by Crippen LogP contribution is -2.27. The van der Waals surface area contributed by atoms with E-state index in [2.05, 4.69) is 0 Å². The average Bonchev–Trinajstić information content (AvgIpc) is 2.45. The molecule has 1 rings (SSSR count). The van der Waals surface area contributed by atoms with Gasteiger partial charge in [-0.05, 0) is 36.1 Å². The van der Waals surface area contributed by atoms with Crippen LogP contribution in [0.25, 0.3) is 0 Å². The molecule has 23 heavy (non-hydrogen) atoms. The van der Waals surface area contributed by atoms with Crippen LogP contribution < -0.4 is 9.64 Å². The molecule has 1 aromatic carbocycles. The second kappa shape index (κ2) is 9.48. The van der Waals surface area contributed by atoms with Crippen LogP contribution in [-0.4, -0.2) is 38.1 Å². The first-order valence-corrected chi connectivity index (χ1v) is 8.48. The summed E-state index contributed by atoms with van der Waals surface area (Å²) in [5.41, 5.74) is 1.65. The highest BCUT2D eigenvalue weighted by Gasteiger charge is 2.30. The molecule has 0 radical (unpaired) electrons. The zero-order chi connectivity index (χ0) is 17.5. The Morgan fingerprint density at radius 3 is 2.26 bits per heavy atom. The van der Waals surface area contributed by atoms with Crippen molar-refractivity contribution in [1.82, 2.24) is 0 Å². The van der Waals surface area contributed by atoms with E-state index >= 15 is 0 Å². The number of methoxy groups -OCH3 is 1. The van der Waals surface area contributed by atoms with E-state index < -0.39 is 18.5 Å². The maximum Gasteiger partial charge on any atom is 0.389 e. The fourth-order valence-corrected chi connectivity index (χ4v) is 2.95. The molecular weight excluding hydrogens is 350 g/mol. The highest BCUT2D eigenvalue weighted by atomic mass is 35.5. The largest absolute Gasteiger partial charge is 0.496 e. The third-order valence-corrected chi connectivity index (χ3v) is 3.82. The van der Waals surface area contributed by atoms with Gasteiger partial charge in [0.1, 0.15) is 5.75 Å². The van der Waals surface area contributed by atoms with Crippen LogP contribution in [0, 0.1) is 5.92 Å². The zero-order valence-electron chi connectivity index (χ0n) is 13.3. The molecule has 0 aliphatic heterocycles. The van der Waals surface area contributed by atoms with Crippen molar-refractivity contribution in [3.8, 4) is 5.75 Å². The Kier molecular flexibility index (Phi) is 8.34. The van der Waals surface area contributed by atoms with E-state index in [-0.39, 0.29) is 0 Å². The normalized spacial score (nSPS) is 13.0. The maximum absolute atomic E-state index is 12.5. The lowest BCUT2D eigenvalue weighted by molar-refractivity contribution is -0.143. The first-order valence-electron chi connectivity index (χ1n) is 7.41. The minimum Gasteiger partial charge on any atom is -0.496 e. The summed E-state index contributed by atoms with van der Waals surface area (Å²) in [5.74, 6) is 0.971. The molecule has 0 saturated heterocycles. The predicted molar refractivity (Wildman–Crippen MR) is 90.2 cm³/mol. The number of ether oxygens (including phenoxy) is 1. The van der Waals surface area contributed by atoms with Crippen molar-refractivity contribution in [3.63, 3.8) is 0 Å². The van der Waals surface area contributed by atoms with Crippen molar-refractivity contribution in [1.29, 1.82) is 0 Å².